The SMILES string of the molecule is Clc1ccc2oc(-c3nc4ccccc4[nH]3)nc2c1. The predicted octanol–water partition coefficient (Wildman–Crippen LogP) is 4.02. The lowest BCUT2D eigenvalue weighted by atomic mass is 10.3. The van der Waals surface area contributed by atoms with Crippen LogP contribution in [0.15, 0.2) is 46.9 Å². The van der Waals surface area contributed by atoms with Gasteiger partial charge in [-0.3, -0.25) is 0 Å². The van der Waals surface area contributed by atoms with E-state index >= 15 is 0 Å². The minimum atomic E-state index is 0.466. The van der Waals surface area contributed by atoms with Crippen molar-refractivity contribution in [2.45, 2.75) is 0 Å². The lowest BCUT2D eigenvalue weighted by Crippen LogP contribution is -1.78. The molecule has 92 valence electrons. The molecule has 0 saturated heterocycles. The second-order valence-corrected chi connectivity index (χ2v) is 4.67. The normalized spacial score (nSPS) is 11.4. The summed E-state index contributed by atoms with van der Waals surface area (Å²) in [6.45, 7) is 0. The van der Waals surface area contributed by atoms with E-state index in [4.69, 9.17) is 16.0 Å². The van der Waals surface area contributed by atoms with Crippen LogP contribution >= 0.6 is 11.6 Å². The monoisotopic (exact) mass is 269 g/mol. The number of rotatable bonds is 1. The molecule has 0 fully saturated rings. The van der Waals surface area contributed by atoms with Crippen LogP contribution in [0.1, 0.15) is 0 Å². The van der Waals surface area contributed by atoms with Gasteiger partial charge in [-0.2, -0.15) is 0 Å². The maximum absolute atomic E-state index is 5.93. The molecule has 0 atom stereocenters. The van der Waals surface area contributed by atoms with Gasteiger partial charge in [0.25, 0.3) is 5.89 Å². The highest BCUT2D eigenvalue weighted by atomic mass is 35.5. The Kier molecular flexibility index (Phi) is 2.13. The molecule has 0 aliphatic heterocycles. The van der Waals surface area contributed by atoms with Crippen molar-refractivity contribution < 1.29 is 4.42 Å². The molecule has 0 unspecified atom stereocenters. The summed E-state index contributed by atoms with van der Waals surface area (Å²) in [4.78, 5) is 12.0. The van der Waals surface area contributed by atoms with E-state index in [0.29, 0.717) is 22.3 Å². The first-order valence-corrected chi connectivity index (χ1v) is 6.19. The average molecular weight is 270 g/mol. The number of benzene rings is 2. The van der Waals surface area contributed by atoms with Crippen LogP contribution in [0, 0.1) is 0 Å². The molecule has 2 aromatic heterocycles. The maximum atomic E-state index is 5.93. The second kappa shape index (κ2) is 3.83. The summed E-state index contributed by atoms with van der Waals surface area (Å²) >= 11 is 5.93. The van der Waals surface area contributed by atoms with Gasteiger partial charge in [0.2, 0.25) is 0 Å². The number of fused-ring (bicyclic) bond motifs is 2. The number of imidazole rings is 1. The molecule has 0 radical (unpaired) electrons. The Morgan fingerprint density at radius 2 is 1.89 bits per heavy atom. The Labute approximate surface area is 113 Å². The van der Waals surface area contributed by atoms with E-state index < -0.39 is 0 Å². The molecule has 4 nitrogen and oxygen atoms in total. The first-order valence-electron chi connectivity index (χ1n) is 5.81. The molecule has 0 bridgehead atoms. The Bertz CT molecular complexity index is 861. The van der Waals surface area contributed by atoms with Gasteiger partial charge in [0.1, 0.15) is 5.52 Å². The molecule has 5 heteroatoms. The summed E-state index contributed by atoms with van der Waals surface area (Å²) in [5, 5.41) is 0.636. The number of H-pyrrole nitrogens is 1. The van der Waals surface area contributed by atoms with E-state index in [1.807, 2.05) is 24.3 Å². The Balaban J connectivity index is 1.93. The van der Waals surface area contributed by atoms with Crippen LogP contribution in [0.2, 0.25) is 5.02 Å². The van der Waals surface area contributed by atoms with Crippen molar-refractivity contribution >= 4 is 33.7 Å². The lowest BCUT2D eigenvalue weighted by Gasteiger charge is -1.86. The van der Waals surface area contributed by atoms with Gasteiger partial charge < -0.3 is 9.40 Å². The predicted molar refractivity (Wildman–Crippen MR) is 74.1 cm³/mol. The summed E-state index contributed by atoms with van der Waals surface area (Å²) in [6, 6.07) is 13.1. The minimum Gasteiger partial charge on any atom is -0.434 e. The lowest BCUT2D eigenvalue weighted by molar-refractivity contribution is 0.614. The molecule has 0 spiro atoms. The first-order chi connectivity index (χ1) is 9.29. The summed E-state index contributed by atoms with van der Waals surface area (Å²) in [5.41, 5.74) is 3.26. The van der Waals surface area contributed by atoms with Crippen molar-refractivity contribution in [3.8, 4) is 11.7 Å². The highest BCUT2D eigenvalue weighted by Crippen LogP contribution is 2.25. The molecule has 4 aromatic rings. The van der Waals surface area contributed by atoms with Crippen molar-refractivity contribution in [1.82, 2.24) is 15.0 Å². The maximum Gasteiger partial charge on any atom is 0.264 e. The van der Waals surface area contributed by atoms with E-state index in [1.54, 1.807) is 18.2 Å². The molecular weight excluding hydrogens is 262 g/mol. The van der Waals surface area contributed by atoms with Crippen LogP contribution in [0.4, 0.5) is 0 Å². The zero-order chi connectivity index (χ0) is 12.8. The number of aromatic amines is 1. The molecule has 1 N–H and O–H groups in total. The molecular formula is C14H8ClN3O. The van der Waals surface area contributed by atoms with Gasteiger partial charge in [-0.15, -0.1) is 0 Å². The molecule has 2 aromatic carbocycles. The second-order valence-electron chi connectivity index (χ2n) is 4.23. The van der Waals surface area contributed by atoms with Crippen LogP contribution in [-0.4, -0.2) is 15.0 Å². The Morgan fingerprint density at radius 3 is 2.79 bits per heavy atom. The van der Waals surface area contributed by atoms with Gasteiger partial charge in [-0.1, -0.05) is 23.7 Å². The molecule has 2 heterocycles. The topological polar surface area (TPSA) is 54.7 Å². The Morgan fingerprint density at radius 1 is 1.00 bits per heavy atom. The van der Waals surface area contributed by atoms with E-state index in [9.17, 15) is 0 Å². The number of nitrogens with one attached hydrogen (secondary N) is 1. The van der Waals surface area contributed by atoms with Crippen molar-refractivity contribution in [3.63, 3.8) is 0 Å². The van der Waals surface area contributed by atoms with Gasteiger partial charge in [-0.05, 0) is 30.3 Å². The van der Waals surface area contributed by atoms with Gasteiger partial charge in [0.05, 0.1) is 11.0 Å². The fourth-order valence-electron chi connectivity index (χ4n) is 2.06. The third-order valence-corrected chi connectivity index (χ3v) is 3.18. The van der Waals surface area contributed by atoms with E-state index in [1.165, 1.54) is 0 Å². The number of hydrogen-bond acceptors (Lipinski definition) is 3. The molecule has 0 aliphatic carbocycles. The van der Waals surface area contributed by atoms with Crippen molar-refractivity contribution in [2.75, 3.05) is 0 Å². The standard InChI is InChI=1S/C14H8ClN3O/c15-8-5-6-12-11(7-8)18-14(19-12)13-16-9-3-1-2-4-10(9)17-13/h1-7H,(H,16,17). The molecule has 19 heavy (non-hydrogen) atoms. The van der Waals surface area contributed by atoms with Crippen molar-refractivity contribution in [1.29, 1.82) is 0 Å². The zero-order valence-electron chi connectivity index (χ0n) is 9.72. The average Bonchev–Trinajstić information content (AvgIpc) is 3.00. The van der Waals surface area contributed by atoms with Gasteiger partial charge in [0.15, 0.2) is 11.4 Å². The Hall–Kier alpha value is -2.33. The molecule has 0 aliphatic rings. The third kappa shape index (κ3) is 1.69. The fraction of sp³-hybridized carbons (Fsp3) is 0. The largest absolute Gasteiger partial charge is 0.434 e. The highest BCUT2D eigenvalue weighted by molar-refractivity contribution is 6.31. The summed E-state index contributed by atoms with van der Waals surface area (Å²) in [7, 11) is 0. The van der Waals surface area contributed by atoms with E-state index in [0.717, 1.165) is 16.6 Å². The van der Waals surface area contributed by atoms with Gasteiger partial charge in [0, 0.05) is 5.02 Å². The quantitative estimate of drug-likeness (QED) is 0.568. The van der Waals surface area contributed by atoms with E-state index in [-0.39, 0.29) is 0 Å². The van der Waals surface area contributed by atoms with Crippen LogP contribution in [0.25, 0.3) is 33.8 Å². The van der Waals surface area contributed by atoms with Crippen LogP contribution in [-0.2, 0) is 0 Å². The fourth-order valence-corrected chi connectivity index (χ4v) is 2.22. The van der Waals surface area contributed by atoms with Crippen LogP contribution in [0.5, 0.6) is 0 Å². The highest BCUT2D eigenvalue weighted by Gasteiger charge is 2.12. The molecule has 0 amide bonds. The summed E-state index contributed by atoms with van der Waals surface area (Å²) in [6.07, 6.45) is 0. The smallest absolute Gasteiger partial charge is 0.264 e. The zero-order valence-corrected chi connectivity index (χ0v) is 10.5. The van der Waals surface area contributed by atoms with Crippen molar-refractivity contribution in [2.24, 2.45) is 0 Å². The van der Waals surface area contributed by atoms with Crippen LogP contribution in [0.3, 0.4) is 0 Å². The van der Waals surface area contributed by atoms with Gasteiger partial charge in [-0.25, -0.2) is 9.97 Å². The van der Waals surface area contributed by atoms with Crippen molar-refractivity contribution in [3.05, 3.63) is 47.5 Å². The van der Waals surface area contributed by atoms with Crippen LogP contribution < -0.4 is 0 Å². The number of para-hydroxylation sites is 2. The summed E-state index contributed by atoms with van der Waals surface area (Å²) in [5.74, 6) is 1.09. The number of hydrogen-bond donors (Lipinski definition) is 1. The number of halogens is 1. The third-order valence-electron chi connectivity index (χ3n) is 2.94. The number of aromatic nitrogens is 3. The number of nitrogens with zero attached hydrogens (tertiary/aromatic N) is 2. The van der Waals surface area contributed by atoms with E-state index in [2.05, 4.69) is 15.0 Å². The minimum absolute atomic E-state index is 0.466. The molecule has 4 rings (SSSR count). The first kappa shape index (κ1) is 10.6. The molecule has 0 saturated carbocycles. The van der Waals surface area contributed by atoms with Gasteiger partial charge >= 0.3 is 0 Å². The number of oxazole rings is 1. The summed E-state index contributed by atoms with van der Waals surface area (Å²) < 4.78 is 5.68.